The predicted octanol–water partition coefficient (Wildman–Crippen LogP) is 4.44. The molecule has 2 heterocycles. The van der Waals surface area contributed by atoms with Crippen LogP contribution in [-0.4, -0.2) is 38.0 Å². The van der Waals surface area contributed by atoms with Crippen molar-refractivity contribution >= 4 is 11.6 Å². The average Bonchev–Trinajstić information content (AvgIpc) is 3.27. The van der Waals surface area contributed by atoms with Gasteiger partial charge in [0.1, 0.15) is 0 Å². The lowest BCUT2D eigenvalue weighted by atomic mass is 9.98. The largest absolute Gasteiger partial charge is 0.465 e. The minimum absolute atomic E-state index is 0.0426. The monoisotopic (exact) mass is 412 g/mol. The fourth-order valence-electron chi connectivity index (χ4n) is 3.65. The Labute approximate surface area is 167 Å². The summed E-state index contributed by atoms with van der Waals surface area (Å²) < 4.78 is 45.2. The Hall–Kier alpha value is -2.29. The Balaban J connectivity index is 2.00. The van der Waals surface area contributed by atoms with Crippen LogP contribution >= 0.6 is 0 Å². The third kappa shape index (κ3) is 4.66. The van der Waals surface area contributed by atoms with Crippen molar-refractivity contribution in [3.8, 4) is 5.88 Å². The van der Waals surface area contributed by atoms with E-state index in [-0.39, 0.29) is 23.5 Å². The van der Waals surface area contributed by atoms with Crippen molar-refractivity contribution in [3.05, 3.63) is 30.4 Å². The first kappa shape index (κ1) is 21.4. The SMILES string of the molecule is C=CC(Nc1nc2c(C(C)(C)O)ccc(O[C@@H](C)C(F)(F)F)n2n1)C1CCCC1. The molecule has 0 spiro atoms. The number of hydrogen-bond acceptors (Lipinski definition) is 5. The number of hydrogen-bond donors (Lipinski definition) is 2. The molecular weight excluding hydrogens is 385 g/mol. The molecule has 2 aromatic heterocycles. The Morgan fingerprint density at radius 1 is 1.31 bits per heavy atom. The van der Waals surface area contributed by atoms with Crippen LogP contribution in [0.15, 0.2) is 24.8 Å². The van der Waals surface area contributed by atoms with Crippen LogP contribution in [0.2, 0.25) is 0 Å². The van der Waals surface area contributed by atoms with Gasteiger partial charge in [0.2, 0.25) is 11.8 Å². The van der Waals surface area contributed by atoms with Crippen molar-refractivity contribution in [1.82, 2.24) is 14.6 Å². The van der Waals surface area contributed by atoms with E-state index in [1.807, 2.05) is 6.08 Å². The third-order valence-electron chi connectivity index (χ3n) is 5.32. The molecule has 0 radical (unpaired) electrons. The van der Waals surface area contributed by atoms with E-state index in [4.69, 9.17) is 4.74 Å². The Bertz CT molecular complexity index is 867. The maximum absolute atomic E-state index is 13.0. The number of halogens is 3. The molecule has 3 rings (SSSR count). The van der Waals surface area contributed by atoms with Crippen LogP contribution in [0, 0.1) is 5.92 Å². The van der Waals surface area contributed by atoms with Crippen molar-refractivity contribution in [2.24, 2.45) is 5.92 Å². The predicted molar refractivity (Wildman–Crippen MR) is 104 cm³/mol. The van der Waals surface area contributed by atoms with Gasteiger partial charge < -0.3 is 15.2 Å². The summed E-state index contributed by atoms with van der Waals surface area (Å²) in [5.74, 6) is 0.561. The van der Waals surface area contributed by atoms with E-state index in [0.717, 1.165) is 32.6 Å². The van der Waals surface area contributed by atoms with Gasteiger partial charge in [0.05, 0.1) is 5.60 Å². The van der Waals surface area contributed by atoms with Crippen molar-refractivity contribution < 1.29 is 23.0 Å². The first-order valence-corrected chi connectivity index (χ1v) is 9.76. The number of aliphatic hydroxyl groups is 1. The minimum Gasteiger partial charge on any atom is -0.465 e. The lowest BCUT2D eigenvalue weighted by molar-refractivity contribution is -0.190. The van der Waals surface area contributed by atoms with Crippen molar-refractivity contribution in [2.45, 2.75) is 70.4 Å². The van der Waals surface area contributed by atoms with E-state index in [1.54, 1.807) is 13.8 Å². The summed E-state index contributed by atoms with van der Waals surface area (Å²) in [7, 11) is 0. The molecule has 0 bridgehead atoms. The summed E-state index contributed by atoms with van der Waals surface area (Å²) in [6.07, 6.45) is -0.260. The Morgan fingerprint density at radius 3 is 2.52 bits per heavy atom. The number of nitrogens with zero attached hydrogens (tertiary/aromatic N) is 3. The lowest BCUT2D eigenvalue weighted by Crippen LogP contribution is -2.32. The summed E-state index contributed by atoms with van der Waals surface area (Å²) in [6.45, 7) is 7.97. The van der Waals surface area contributed by atoms with Gasteiger partial charge in [0, 0.05) is 17.7 Å². The van der Waals surface area contributed by atoms with Crippen molar-refractivity contribution in [2.75, 3.05) is 5.32 Å². The fourth-order valence-corrected chi connectivity index (χ4v) is 3.65. The lowest BCUT2D eigenvalue weighted by Gasteiger charge is -2.21. The van der Waals surface area contributed by atoms with Gasteiger partial charge in [-0.1, -0.05) is 18.9 Å². The van der Waals surface area contributed by atoms with Gasteiger partial charge in [-0.15, -0.1) is 11.7 Å². The van der Waals surface area contributed by atoms with Gasteiger partial charge in [0.15, 0.2) is 11.8 Å². The molecular formula is C20H27F3N4O2. The highest BCUT2D eigenvalue weighted by atomic mass is 19.4. The minimum atomic E-state index is -4.51. The van der Waals surface area contributed by atoms with Crippen LogP contribution in [0.3, 0.4) is 0 Å². The smallest absolute Gasteiger partial charge is 0.425 e. The number of fused-ring (bicyclic) bond motifs is 1. The molecule has 1 saturated carbocycles. The molecule has 0 aromatic carbocycles. The van der Waals surface area contributed by atoms with Gasteiger partial charge in [-0.3, -0.25) is 0 Å². The molecule has 1 fully saturated rings. The van der Waals surface area contributed by atoms with Crippen LogP contribution < -0.4 is 10.1 Å². The highest BCUT2D eigenvalue weighted by Gasteiger charge is 2.39. The standard InChI is InChI=1S/C20H27F3N4O2/c1-5-15(13-8-6-7-9-13)24-18-25-17-14(19(3,4)28)10-11-16(27(17)26-18)29-12(2)20(21,22)23/h5,10-13,15,28H,1,6-9H2,2-4H3,(H,24,26)/t12-,15?/m0/s1. The summed E-state index contributed by atoms with van der Waals surface area (Å²) in [5.41, 5.74) is -0.592. The van der Waals surface area contributed by atoms with Gasteiger partial charge in [-0.05, 0) is 45.6 Å². The molecule has 0 amide bonds. The highest BCUT2D eigenvalue weighted by Crippen LogP contribution is 2.32. The van der Waals surface area contributed by atoms with Crippen LogP contribution in [0.25, 0.3) is 5.65 Å². The maximum Gasteiger partial charge on any atom is 0.425 e. The molecule has 6 nitrogen and oxygen atoms in total. The quantitative estimate of drug-likeness (QED) is 0.658. The van der Waals surface area contributed by atoms with Gasteiger partial charge in [-0.25, -0.2) is 0 Å². The number of alkyl halides is 3. The van der Waals surface area contributed by atoms with E-state index < -0.39 is 17.9 Å². The summed E-state index contributed by atoms with van der Waals surface area (Å²) in [6, 6.07) is 2.83. The van der Waals surface area contributed by atoms with Crippen LogP contribution in [0.1, 0.15) is 52.0 Å². The van der Waals surface area contributed by atoms with E-state index >= 15 is 0 Å². The Kier molecular flexibility index (Phi) is 5.80. The number of nitrogens with one attached hydrogen (secondary N) is 1. The molecule has 1 aliphatic rings. The molecule has 1 unspecified atom stereocenters. The van der Waals surface area contributed by atoms with E-state index in [2.05, 4.69) is 22.0 Å². The number of ether oxygens (including phenoxy) is 1. The summed E-state index contributed by atoms with van der Waals surface area (Å²) >= 11 is 0. The average molecular weight is 412 g/mol. The molecule has 160 valence electrons. The van der Waals surface area contributed by atoms with Crippen LogP contribution in [0.4, 0.5) is 19.1 Å². The van der Waals surface area contributed by atoms with Crippen LogP contribution in [0.5, 0.6) is 5.88 Å². The zero-order valence-electron chi connectivity index (χ0n) is 16.8. The first-order chi connectivity index (χ1) is 13.5. The molecule has 0 saturated heterocycles. The molecule has 2 atom stereocenters. The van der Waals surface area contributed by atoms with Crippen molar-refractivity contribution in [3.63, 3.8) is 0 Å². The van der Waals surface area contributed by atoms with Gasteiger partial charge >= 0.3 is 6.18 Å². The Morgan fingerprint density at radius 2 is 1.97 bits per heavy atom. The van der Waals surface area contributed by atoms with E-state index in [1.165, 1.54) is 16.6 Å². The summed E-state index contributed by atoms with van der Waals surface area (Å²) in [5, 5.41) is 18.0. The van der Waals surface area contributed by atoms with Crippen molar-refractivity contribution in [1.29, 1.82) is 0 Å². The summed E-state index contributed by atoms with van der Waals surface area (Å²) in [4.78, 5) is 4.44. The zero-order valence-corrected chi connectivity index (χ0v) is 16.8. The first-order valence-electron chi connectivity index (χ1n) is 9.76. The van der Waals surface area contributed by atoms with Gasteiger partial charge in [0.25, 0.3) is 0 Å². The fraction of sp³-hybridized carbons (Fsp3) is 0.600. The number of rotatable bonds is 7. The second kappa shape index (κ2) is 7.85. The maximum atomic E-state index is 13.0. The second-order valence-corrected chi connectivity index (χ2v) is 8.07. The molecule has 29 heavy (non-hydrogen) atoms. The molecule has 9 heteroatoms. The normalized spacial score (nSPS) is 18.0. The third-order valence-corrected chi connectivity index (χ3v) is 5.32. The number of pyridine rings is 1. The molecule has 2 aromatic rings. The van der Waals surface area contributed by atoms with E-state index in [9.17, 15) is 18.3 Å². The number of anilines is 1. The zero-order chi connectivity index (χ0) is 21.4. The molecule has 2 N–H and O–H groups in total. The van der Waals surface area contributed by atoms with E-state index in [0.29, 0.717) is 11.5 Å². The molecule has 0 aliphatic heterocycles. The van der Waals surface area contributed by atoms with Gasteiger partial charge in [-0.2, -0.15) is 22.7 Å². The highest BCUT2D eigenvalue weighted by molar-refractivity contribution is 5.55. The second-order valence-electron chi connectivity index (χ2n) is 8.07. The topological polar surface area (TPSA) is 71.7 Å². The molecule has 1 aliphatic carbocycles. The van der Waals surface area contributed by atoms with Crippen LogP contribution in [-0.2, 0) is 5.60 Å². The number of aromatic nitrogens is 3.